The molecule has 0 bridgehead atoms. The van der Waals surface area contributed by atoms with Gasteiger partial charge in [0.15, 0.2) is 0 Å². The van der Waals surface area contributed by atoms with E-state index in [0.717, 1.165) is 25.7 Å². The van der Waals surface area contributed by atoms with Crippen molar-refractivity contribution < 1.29 is 18.0 Å². The standard InChI is InChI=1S/C15H29N5O4S/c1-18(13-5-3-2-4-6-13)25(23,24)20-9-7-19(8-10-20)15(22)12-17-14(21)11-16/h13H,2-12,16H2,1H3,(H,17,21). The highest BCUT2D eigenvalue weighted by atomic mass is 32.2. The first-order chi connectivity index (χ1) is 11.9. The number of carbonyl (C=O) groups excluding carboxylic acids is 2. The molecule has 3 N–H and O–H groups in total. The van der Waals surface area contributed by atoms with Crippen molar-refractivity contribution >= 4 is 22.0 Å². The molecule has 0 aromatic heterocycles. The maximum Gasteiger partial charge on any atom is 0.282 e. The Morgan fingerprint density at radius 1 is 1.12 bits per heavy atom. The van der Waals surface area contributed by atoms with E-state index >= 15 is 0 Å². The highest BCUT2D eigenvalue weighted by molar-refractivity contribution is 7.86. The Labute approximate surface area is 149 Å². The number of rotatable bonds is 6. The number of hydrogen-bond acceptors (Lipinski definition) is 5. The first-order valence-electron chi connectivity index (χ1n) is 8.84. The van der Waals surface area contributed by atoms with Crippen LogP contribution in [0.1, 0.15) is 32.1 Å². The lowest BCUT2D eigenvalue weighted by Gasteiger charge is -2.38. The Balaban J connectivity index is 1.85. The van der Waals surface area contributed by atoms with Gasteiger partial charge in [-0.2, -0.15) is 17.0 Å². The van der Waals surface area contributed by atoms with Gasteiger partial charge in [0.2, 0.25) is 11.8 Å². The van der Waals surface area contributed by atoms with E-state index in [0.29, 0.717) is 13.1 Å². The zero-order valence-electron chi connectivity index (χ0n) is 14.8. The predicted octanol–water partition coefficient (Wildman–Crippen LogP) is -1.29. The van der Waals surface area contributed by atoms with Gasteiger partial charge in [0.25, 0.3) is 10.2 Å². The zero-order chi connectivity index (χ0) is 18.4. The smallest absolute Gasteiger partial charge is 0.282 e. The predicted molar refractivity (Wildman–Crippen MR) is 93.8 cm³/mol. The highest BCUT2D eigenvalue weighted by Gasteiger charge is 2.35. The zero-order valence-corrected chi connectivity index (χ0v) is 15.6. The van der Waals surface area contributed by atoms with Crippen LogP contribution in [-0.4, -0.2) is 86.1 Å². The number of nitrogens with two attached hydrogens (primary N) is 1. The molecular formula is C15H29N5O4S. The molecule has 25 heavy (non-hydrogen) atoms. The van der Waals surface area contributed by atoms with Gasteiger partial charge in [-0.3, -0.25) is 9.59 Å². The molecule has 0 spiro atoms. The quantitative estimate of drug-likeness (QED) is 0.600. The van der Waals surface area contributed by atoms with E-state index in [1.165, 1.54) is 15.0 Å². The number of piperazine rings is 1. The second kappa shape index (κ2) is 8.93. The van der Waals surface area contributed by atoms with Crippen molar-refractivity contribution in [2.24, 2.45) is 5.73 Å². The van der Waals surface area contributed by atoms with Gasteiger partial charge in [0.1, 0.15) is 0 Å². The normalized spacial score (nSPS) is 20.7. The van der Waals surface area contributed by atoms with Crippen molar-refractivity contribution in [2.75, 3.05) is 46.3 Å². The van der Waals surface area contributed by atoms with Crippen LogP contribution in [0, 0.1) is 0 Å². The number of carbonyl (C=O) groups is 2. The fourth-order valence-corrected chi connectivity index (χ4v) is 4.92. The van der Waals surface area contributed by atoms with Crippen LogP contribution in [-0.2, 0) is 19.8 Å². The molecule has 2 amide bonds. The molecule has 1 aliphatic heterocycles. The monoisotopic (exact) mass is 375 g/mol. The summed E-state index contributed by atoms with van der Waals surface area (Å²) >= 11 is 0. The van der Waals surface area contributed by atoms with Gasteiger partial charge in [0, 0.05) is 39.3 Å². The maximum atomic E-state index is 12.8. The topological polar surface area (TPSA) is 116 Å². The second-order valence-electron chi connectivity index (χ2n) is 6.58. The summed E-state index contributed by atoms with van der Waals surface area (Å²) < 4.78 is 28.5. The summed E-state index contributed by atoms with van der Waals surface area (Å²) in [5.74, 6) is -0.608. The molecule has 1 heterocycles. The molecule has 9 nitrogen and oxygen atoms in total. The van der Waals surface area contributed by atoms with Gasteiger partial charge < -0.3 is 16.0 Å². The fourth-order valence-electron chi connectivity index (χ4n) is 3.34. The minimum atomic E-state index is -3.50. The van der Waals surface area contributed by atoms with E-state index in [4.69, 9.17) is 5.73 Å². The third kappa shape index (κ3) is 5.13. The number of hydrogen-bond donors (Lipinski definition) is 2. The average molecular weight is 375 g/mol. The summed E-state index contributed by atoms with van der Waals surface area (Å²) in [7, 11) is -1.84. The summed E-state index contributed by atoms with van der Waals surface area (Å²) in [5.41, 5.74) is 5.18. The molecule has 0 unspecified atom stereocenters. The van der Waals surface area contributed by atoms with Crippen LogP contribution in [0.25, 0.3) is 0 Å². The fraction of sp³-hybridized carbons (Fsp3) is 0.867. The molecule has 1 saturated carbocycles. The highest BCUT2D eigenvalue weighted by Crippen LogP contribution is 2.25. The van der Waals surface area contributed by atoms with E-state index in [9.17, 15) is 18.0 Å². The summed E-state index contributed by atoms with van der Waals surface area (Å²) in [5, 5.41) is 2.44. The molecule has 2 fully saturated rings. The molecule has 1 saturated heterocycles. The molecule has 0 aromatic rings. The molecule has 10 heteroatoms. The number of nitrogens with zero attached hydrogens (tertiary/aromatic N) is 3. The van der Waals surface area contributed by atoms with Crippen molar-refractivity contribution in [1.29, 1.82) is 0 Å². The minimum absolute atomic E-state index is 0.0740. The maximum absolute atomic E-state index is 12.8. The molecular weight excluding hydrogens is 346 g/mol. The van der Waals surface area contributed by atoms with Crippen molar-refractivity contribution in [3.05, 3.63) is 0 Å². The van der Waals surface area contributed by atoms with Crippen LogP contribution in [0.4, 0.5) is 0 Å². The minimum Gasteiger partial charge on any atom is -0.346 e. The van der Waals surface area contributed by atoms with Gasteiger partial charge in [-0.15, -0.1) is 0 Å². The lowest BCUT2D eigenvalue weighted by atomic mass is 9.96. The third-order valence-corrected chi connectivity index (χ3v) is 7.04. The van der Waals surface area contributed by atoms with Gasteiger partial charge in [0.05, 0.1) is 13.1 Å². The Hall–Kier alpha value is -1.23. The molecule has 2 aliphatic rings. The van der Waals surface area contributed by atoms with E-state index in [2.05, 4.69) is 5.32 Å². The van der Waals surface area contributed by atoms with Crippen LogP contribution >= 0.6 is 0 Å². The van der Waals surface area contributed by atoms with Crippen LogP contribution in [0.15, 0.2) is 0 Å². The average Bonchev–Trinajstić information content (AvgIpc) is 2.65. The first kappa shape index (κ1) is 20.1. The molecule has 2 rings (SSSR count). The number of nitrogens with one attached hydrogen (secondary N) is 1. The summed E-state index contributed by atoms with van der Waals surface area (Å²) in [6.07, 6.45) is 5.14. The van der Waals surface area contributed by atoms with Crippen molar-refractivity contribution in [1.82, 2.24) is 18.8 Å². The van der Waals surface area contributed by atoms with Crippen molar-refractivity contribution in [3.63, 3.8) is 0 Å². The first-order valence-corrected chi connectivity index (χ1v) is 10.2. The molecule has 0 radical (unpaired) electrons. The van der Waals surface area contributed by atoms with E-state index < -0.39 is 10.2 Å². The van der Waals surface area contributed by atoms with Gasteiger partial charge in [-0.1, -0.05) is 19.3 Å². The van der Waals surface area contributed by atoms with E-state index in [-0.39, 0.29) is 44.0 Å². The van der Waals surface area contributed by atoms with Crippen molar-refractivity contribution in [2.45, 2.75) is 38.1 Å². The van der Waals surface area contributed by atoms with Gasteiger partial charge in [-0.25, -0.2) is 0 Å². The third-order valence-electron chi connectivity index (χ3n) is 4.99. The molecule has 144 valence electrons. The molecule has 0 aromatic carbocycles. The van der Waals surface area contributed by atoms with Crippen LogP contribution < -0.4 is 11.1 Å². The lowest BCUT2D eigenvalue weighted by Crippen LogP contribution is -2.56. The Kier molecular flexibility index (Phi) is 7.17. The van der Waals surface area contributed by atoms with Gasteiger partial charge >= 0.3 is 0 Å². The summed E-state index contributed by atoms with van der Waals surface area (Å²) in [6, 6.07) is 0.0740. The second-order valence-corrected chi connectivity index (χ2v) is 8.56. The Morgan fingerprint density at radius 2 is 1.72 bits per heavy atom. The number of amides is 2. The van der Waals surface area contributed by atoms with Crippen LogP contribution in [0.5, 0.6) is 0 Å². The Bertz CT molecular complexity index is 568. The molecule has 1 aliphatic carbocycles. The largest absolute Gasteiger partial charge is 0.346 e. The van der Waals surface area contributed by atoms with Crippen LogP contribution in [0.3, 0.4) is 0 Å². The van der Waals surface area contributed by atoms with Gasteiger partial charge in [-0.05, 0) is 12.8 Å². The lowest BCUT2D eigenvalue weighted by molar-refractivity contribution is -0.133. The summed E-state index contributed by atoms with van der Waals surface area (Å²) in [4.78, 5) is 24.7. The SMILES string of the molecule is CN(C1CCCCC1)S(=O)(=O)N1CCN(C(=O)CNC(=O)CN)CC1. The Morgan fingerprint density at radius 3 is 2.28 bits per heavy atom. The van der Waals surface area contributed by atoms with Crippen molar-refractivity contribution in [3.8, 4) is 0 Å². The van der Waals surface area contributed by atoms with E-state index in [1.807, 2.05) is 0 Å². The summed E-state index contributed by atoms with van der Waals surface area (Å²) in [6.45, 7) is 0.938. The molecule has 0 atom stereocenters. The van der Waals surface area contributed by atoms with Crippen LogP contribution in [0.2, 0.25) is 0 Å². The van der Waals surface area contributed by atoms with E-state index in [1.54, 1.807) is 11.9 Å².